The largest absolute Gasteiger partial charge is 0.475 e. The molecule has 3 rings (SSSR count). The van der Waals surface area contributed by atoms with Gasteiger partial charge in [0.05, 0.1) is 12.2 Å². The highest BCUT2D eigenvalue weighted by Gasteiger charge is 2.49. The Hall–Kier alpha value is -2.54. The topological polar surface area (TPSA) is 35.5 Å². The summed E-state index contributed by atoms with van der Waals surface area (Å²) in [6.45, 7) is 1.41. The molecule has 1 atom stereocenters. The van der Waals surface area contributed by atoms with Gasteiger partial charge >= 0.3 is 12.1 Å². The maximum atomic E-state index is 13.5. The second kappa shape index (κ2) is 7.23. The average molecular weight is 401 g/mol. The Labute approximate surface area is 157 Å². The van der Waals surface area contributed by atoms with Gasteiger partial charge in [-0.2, -0.15) is 13.2 Å². The fourth-order valence-corrected chi connectivity index (χ4v) is 2.97. The number of ether oxygens (including phenoxy) is 2. The van der Waals surface area contributed by atoms with E-state index in [-0.39, 0.29) is 28.5 Å². The van der Waals surface area contributed by atoms with Crippen molar-refractivity contribution >= 4 is 23.6 Å². The van der Waals surface area contributed by atoms with E-state index in [4.69, 9.17) is 21.1 Å². The van der Waals surface area contributed by atoms with Crippen LogP contribution in [0.15, 0.2) is 42.0 Å². The minimum absolute atomic E-state index is 0.0794. The summed E-state index contributed by atoms with van der Waals surface area (Å²) in [5.41, 5.74) is 0.213. The summed E-state index contributed by atoms with van der Waals surface area (Å²) in [6, 6.07) is 7.95. The minimum Gasteiger partial charge on any atom is -0.475 e. The molecule has 1 aliphatic heterocycles. The zero-order valence-electron chi connectivity index (χ0n) is 13.9. The van der Waals surface area contributed by atoms with Gasteiger partial charge in [-0.1, -0.05) is 23.7 Å². The van der Waals surface area contributed by atoms with Gasteiger partial charge in [-0.05, 0) is 42.8 Å². The molecule has 0 aliphatic carbocycles. The van der Waals surface area contributed by atoms with Gasteiger partial charge in [0.25, 0.3) is 0 Å². The smallest absolute Gasteiger partial charge is 0.430 e. The molecule has 0 spiro atoms. The fourth-order valence-electron chi connectivity index (χ4n) is 2.75. The Morgan fingerprint density at radius 2 is 1.89 bits per heavy atom. The number of carbonyl (C=O) groups is 1. The van der Waals surface area contributed by atoms with E-state index in [0.717, 1.165) is 6.08 Å². The van der Waals surface area contributed by atoms with Crippen LogP contribution in [0.2, 0.25) is 5.02 Å². The van der Waals surface area contributed by atoms with E-state index in [2.05, 4.69) is 0 Å². The van der Waals surface area contributed by atoms with E-state index >= 15 is 0 Å². The number of carbonyl (C=O) groups excluding carboxylic acids is 1. The standard InChI is InChI=1S/C19H13ClF4O3/c1-2-26-18(25)15-8-11-7-12(20)9-14(10-3-5-13(21)6-4-10)16(11)27-17(15)19(22,23)24/h3-9,17H,2H2,1H3. The van der Waals surface area contributed by atoms with E-state index in [1.807, 2.05) is 0 Å². The summed E-state index contributed by atoms with van der Waals surface area (Å²) in [4.78, 5) is 12.0. The molecule has 8 heteroatoms. The Balaban J connectivity index is 2.18. The quantitative estimate of drug-likeness (QED) is 0.510. The molecule has 0 fully saturated rings. The summed E-state index contributed by atoms with van der Waals surface area (Å²) in [5, 5.41) is 0.224. The van der Waals surface area contributed by atoms with Crippen molar-refractivity contribution in [3.05, 3.63) is 58.4 Å². The molecule has 0 N–H and O–H groups in total. The zero-order valence-corrected chi connectivity index (χ0v) is 14.7. The Morgan fingerprint density at radius 1 is 1.22 bits per heavy atom. The highest BCUT2D eigenvalue weighted by molar-refractivity contribution is 6.31. The van der Waals surface area contributed by atoms with Crippen molar-refractivity contribution in [2.75, 3.05) is 6.61 Å². The van der Waals surface area contributed by atoms with E-state index in [1.54, 1.807) is 0 Å². The van der Waals surface area contributed by atoms with Crippen LogP contribution in [-0.4, -0.2) is 24.9 Å². The molecule has 1 aliphatic rings. The number of alkyl halides is 3. The molecule has 0 bridgehead atoms. The predicted molar refractivity (Wildman–Crippen MR) is 91.9 cm³/mol. The summed E-state index contributed by atoms with van der Waals surface area (Å²) in [7, 11) is 0. The Kier molecular flexibility index (Phi) is 5.15. The van der Waals surface area contributed by atoms with Crippen LogP contribution in [0, 0.1) is 5.82 Å². The number of halogens is 5. The second-order valence-corrected chi connectivity index (χ2v) is 6.17. The van der Waals surface area contributed by atoms with Crippen molar-refractivity contribution in [2.45, 2.75) is 19.2 Å². The van der Waals surface area contributed by atoms with Crippen molar-refractivity contribution in [3.63, 3.8) is 0 Å². The molecule has 0 saturated carbocycles. The highest BCUT2D eigenvalue weighted by Crippen LogP contribution is 2.44. The van der Waals surface area contributed by atoms with Crippen LogP contribution >= 0.6 is 11.6 Å². The Morgan fingerprint density at radius 3 is 2.48 bits per heavy atom. The van der Waals surface area contributed by atoms with E-state index in [1.165, 1.54) is 43.3 Å². The van der Waals surface area contributed by atoms with Gasteiger partial charge < -0.3 is 9.47 Å². The van der Waals surface area contributed by atoms with Crippen LogP contribution in [0.4, 0.5) is 17.6 Å². The van der Waals surface area contributed by atoms with Crippen molar-refractivity contribution in [3.8, 4) is 16.9 Å². The first-order chi connectivity index (χ1) is 12.7. The van der Waals surface area contributed by atoms with Crippen molar-refractivity contribution in [1.82, 2.24) is 0 Å². The summed E-state index contributed by atoms with van der Waals surface area (Å²) >= 11 is 6.08. The average Bonchev–Trinajstić information content (AvgIpc) is 2.60. The molecular formula is C19H13ClF4O3. The van der Waals surface area contributed by atoms with Gasteiger partial charge in [0.1, 0.15) is 11.6 Å². The molecule has 2 aromatic carbocycles. The molecule has 3 nitrogen and oxygen atoms in total. The maximum absolute atomic E-state index is 13.5. The van der Waals surface area contributed by atoms with Crippen LogP contribution in [-0.2, 0) is 9.53 Å². The van der Waals surface area contributed by atoms with E-state index < -0.39 is 29.6 Å². The molecule has 0 aromatic heterocycles. The zero-order chi connectivity index (χ0) is 19.8. The first-order valence-electron chi connectivity index (χ1n) is 7.92. The van der Waals surface area contributed by atoms with Crippen molar-refractivity contribution in [2.24, 2.45) is 0 Å². The van der Waals surface area contributed by atoms with E-state index in [9.17, 15) is 22.4 Å². The van der Waals surface area contributed by atoms with Crippen LogP contribution < -0.4 is 4.74 Å². The number of benzene rings is 2. The van der Waals surface area contributed by atoms with Gasteiger partial charge in [0.15, 0.2) is 0 Å². The van der Waals surface area contributed by atoms with Crippen LogP contribution in [0.1, 0.15) is 12.5 Å². The number of fused-ring (bicyclic) bond motifs is 1. The number of rotatable bonds is 3. The maximum Gasteiger partial charge on any atom is 0.430 e. The molecule has 1 heterocycles. The number of hydrogen-bond donors (Lipinski definition) is 0. The van der Waals surface area contributed by atoms with Crippen LogP contribution in [0.3, 0.4) is 0 Å². The summed E-state index contributed by atoms with van der Waals surface area (Å²) in [5.74, 6) is -1.71. The third-order valence-corrected chi connectivity index (χ3v) is 4.09. The number of hydrogen-bond acceptors (Lipinski definition) is 3. The molecule has 2 aromatic rings. The summed E-state index contributed by atoms with van der Waals surface area (Å²) < 4.78 is 63.6. The van der Waals surface area contributed by atoms with Crippen LogP contribution in [0.5, 0.6) is 5.75 Å². The van der Waals surface area contributed by atoms with E-state index in [0.29, 0.717) is 5.56 Å². The normalized spacial score (nSPS) is 16.2. The monoisotopic (exact) mass is 400 g/mol. The molecule has 1 unspecified atom stereocenters. The summed E-state index contributed by atoms with van der Waals surface area (Å²) in [6.07, 6.45) is -6.26. The van der Waals surface area contributed by atoms with Gasteiger partial charge in [-0.15, -0.1) is 0 Å². The Bertz CT molecular complexity index is 904. The molecular weight excluding hydrogens is 388 g/mol. The van der Waals surface area contributed by atoms with Crippen molar-refractivity contribution < 1.29 is 31.8 Å². The van der Waals surface area contributed by atoms with Gasteiger partial charge in [0.2, 0.25) is 6.10 Å². The van der Waals surface area contributed by atoms with Gasteiger partial charge in [0, 0.05) is 16.1 Å². The molecule has 27 heavy (non-hydrogen) atoms. The molecule has 0 radical (unpaired) electrons. The first-order valence-corrected chi connectivity index (χ1v) is 8.30. The third kappa shape index (κ3) is 3.93. The lowest BCUT2D eigenvalue weighted by molar-refractivity contribution is -0.187. The third-order valence-electron chi connectivity index (χ3n) is 3.88. The molecule has 0 saturated heterocycles. The first kappa shape index (κ1) is 19.2. The van der Waals surface area contributed by atoms with Gasteiger partial charge in [-0.25, -0.2) is 9.18 Å². The highest BCUT2D eigenvalue weighted by atomic mass is 35.5. The van der Waals surface area contributed by atoms with Crippen molar-refractivity contribution in [1.29, 1.82) is 0 Å². The second-order valence-electron chi connectivity index (χ2n) is 5.74. The fraction of sp³-hybridized carbons (Fsp3) is 0.211. The van der Waals surface area contributed by atoms with Crippen LogP contribution in [0.25, 0.3) is 17.2 Å². The lowest BCUT2D eigenvalue weighted by Crippen LogP contribution is -2.41. The lowest BCUT2D eigenvalue weighted by Gasteiger charge is -2.29. The lowest BCUT2D eigenvalue weighted by atomic mass is 9.95. The predicted octanol–water partition coefficient (Wildman–Crippen LogP) is 5.42. The molecule has 0 amide bonds. The number of esters is 1. The SMILES string of the molecule is CCOC(=O)C1=Cc2cc(Cl)cc(-c3ccc(F)cc3)c2OC1C(F)(F)F. The van der Waals surface area contributed by atoms with Gasteiger partial charge in [-0.3, -0.25) is 0 Å². The minimum atomic E-state index is -4.84. The molecule has 142 valence electrons.